The molecule has 1 spiro atoms. The van der Waals surface area contributed by atoms with E-state index in [9.17, 15) is 24.0 Å². The summed E-state index contributed by atoms with van der Waals surface area (Å²) in [6.45, 7) is 7.79. The molecule has 3 saturated heterocycles. The Bertz CT molecular complexity index is 2500. The number of piperidine rings is 2. The molecule has 2 aromatic heterocycles. The van der Waals surface area contributed by atoms with Gasteiger partial charge in [-0.1, -0.05) is 41.6 Å². The van der Waals surface area contributed by atoms with Crippen molar-refractivity contribution in [3.63, 3.8) is 0 Å². The Balaban J connectivity index is 0.00000804. The lowest BCUT2D eigenvalue weighted by Gasteiger charge is -2.41. The zero-order valence-electron chi connectivity index (χ0n) is 39.0. The summed E-state index contributed by atoms with van der Waals surface area (Å²) in [6, 6.07) is 9.78. The topological polar surface area (TPSA) is 278 Å². The van der Waals surface area contributed by atoms with E-state index in [1.165, 1.54) is 18.0 Å². The third-order valence-corrected chi connectivity index (χ3v) is 13.9. The molecule has 3 aliphatic rings. The zero-order valence-corrected chi connectivity index (χ0v) is 41.3. The maximum atomic E-state index is 13.3. The van der Waals surface area contributed by atoms with Crippen LogP contribution in [0.4, 0.5) is 23.0 Å². The summed E-state index contributed by atoms with van der Waals surface area (Å²) in [4.78, 5) is 74.4. The number of hydrogen-bond donors (Lipinski definition) is 6. The summed E-state index contributed by atoms with van der Waals surface area (Å²) < 4.78 is 29.3. The highest BCUT2D eigenvalue weighted by molar-refractivity contribution is 7.99. The van der Waals surface area contributed by atoms with Crippen molar-refractivity contribution in [3.05, 3.63) is 64.2 Å². The molecule has 3 aliphatic heterocycles. The largest absolute Gasteiger partial charge is 0.382 e. The van der Waals surface area contributed by atoms with Gasteiger partial charge < -0.3 is 56.0 Å². The average Bonchev–Trinajstić information content (AvgIpc) is 3.61. The lowest BCUT2D eigenvalue weighted by Crippen LogP contribution is -2.50. The Morgan fingerprint density at radius 3 is 2.24 bits per heavy atom. The molecular formula is C46H61Cl2N11O10S. The van der Waals surface area contributed by atoms with Gasteiger partial charge >= 0.3 is 0 Å². The molecule has 2 aromatic carbocycles. The van der Waals surface area contributed by atoms with E-state index in [1.807, 2.05) is 6.92 Å². The van der Waals surface area contributed by atoms with E-state index in [1.54, 1.807) is 42.6 Å². The molecule has 8 N–H and O–H groups in total. The number of nitrogens with zero attached hydrogens (tertiary/aromatic N) is 5. The predicted molar refractivity (Wildman–Crippen MR) is 267 cm³/mol. The Labute approximate surface area is 420 Å². The van der Waals surface area contributed by atoms with Crippen molar-refractivity contribution in [2.24, 2.45) is 11.1 Å². The molecule has 1 unspecified atom stereocenters. The van der Waals surface area contributed by atoms with Gasteiger partial charge in [-0.3, -0.25) is 29.3 Å². The zero-order chi connectivity index (χ0) is 48.8. The first-order chi connectivity index (χ1) is 33.4. The van der Waals surface area contributed by atoms with Gasteiger partial charge in [-0.15, -0.1) is 12.4 Å². The molecular weight excluding hydrogens is 970 g/mol. The minimum absolute atomic E-state index is 0. The molecule has 7 rings (SSSR count). The number of rotatable bonds is 24. The predicted octanol–water partition coefficient (Wildman–Crippen LogP) is 3.32. The molecule has 0 aliphatic carbocycles. The van der Waals surface area contributed by atoms with E-state index in [4.69, 9.17) is 46.8 Å². The number of fused-ring (bicyclic) bond motifs is 1. The fourth-order valence-corrected chi connectivity index (χ4v) is 9.46. The van der Waals surface area contributed by atoms with Crippen molar-refractivity contribution in [2.45, 2.75) is 73.6 Å². The van der Waals surface area contributed by atoms with Gasteiger partial charge in [-0.25, -0.2) is 14.6 Å². The molecule has 0 radical (unpaired) electrons. The molecule has 5 heterocycles. The smallest absolute Gasteiger partial charge is 0.277 e. The van der Waals surface area contributed by atoms with Crippen LogP contribution in [0.5, 0.6) is 0 Å². The van der Waals surface area contributed by atoms with Gasteiger partial charge in [0.15, 0.2) is 5.82 Å². The minimum Gasteiger partial charge on any atom is -0.382 e. The summed E-state index contributed by atoms with van der Waals surface area (Å²) in [5.41, 5.74) is 13.4. The maximum Gasteiger partial charge on any atom is 0.277 e. The van der Waals surface area contributed by atoms with Crippen LogP contribution in [0, 0.1) is 5.41 Å². The molecule has 3 fully saturated rings. The highest BCUT2D eigenvalue weighted by Crippen LogP contribution is 2.43. The van der Waals surface area contributed by atoms with E-state index in [-0.39, 0.29) is 92.3 Å². The number of ether oxygens (including phenoxy) is 5. The van der Waals surface area contributed by atoms with Crippen LogP contribution in [0.15, 0.2) is 63.5 Å². The first kappa shape index (κ1) is 54.2. The lowest BCUT2D eigenvalue weighted by atomic mass is 9.73. The third-order valence-electron chi connectivity index (χ3n) is 12.3. The summed E-state index contributed by atoms with van der Waals surface area (Å²) in [5.74, 6) is -0.569. The molecule has 0 bridgehead atoms. The molecule has 4 aromatic rings. The van der Waals surface area contributed by atoms with E-state index in [0.717, 1.165) is 30.6 Å². The quantitative estimate of drug-likeness (QED) is 0.0434. The standard InChI is InChI=1S/C46H60ClN11O10S.ClH/c1-29-41(48)46(28-68-29)12-16-57(17-13-46)35-27-52-44(42(49)55-35)69-34-7-3-6-32(40(34)47)54-37(60)11-10-36(59)51-15-19-65-21-23-67-25-24-66-22-20-64-18-14-50-31-5-2-4-30-26-53-58(45(63)39(30)31)33-8-9-38(61)56-43(33)62;/h2-7,26-27,29,33,41,50H,8-25,28,48H2,1H3,(H2,49,55)(H,51,59)(H,54,60)(H,56,61,62);1H/t29-,33?,41+;/m0./s1. The second-order valence-electron chi connectivity index (χ2n) is 16.9. The van der Waals surface area contributed by atoms with Crippen LogP contribution in [0.25, 0.3) is 10.8 Å². The van der Waals surface area contributed by atoms with Gasteiger partial charge in [0.25, 0.3) is 11.5 Å². The molecule has 24 heteroatoms. The van der Waals surface area contributed by atoms with Crippen molar-refractivity contribution in [2.75, 3.05) is 107 Å². The van der Waals surface area contributed by atoms with Crippen LogP contribution in [0.3, 0.4) is 0 Å². The Morgan fingerprint density at radius 1 is 0.914 bits per heavy atom. The number of hydrogen-bond acceptors (Lipinski definition) is 18. The van der Waals surface area contributed by atoms with Gasteiger partial charge in [0.1, 0.15) is 16.9 Å². The minimum atomic E-state index is -0.848. The van der Waals surface area contributed by atoms with Crippen molar-refractivity contribution in [3.8, 4) is 0 Å². The Morgan fingerprint density at radius 2 is 1.57 bits per heavy atom. The van der Waals surface area contributed by atoms with Gasteiger partial charge in [0, 0.05) is 72.9 Å². The summed E-state index contributed by atoms with van der Waals surface area (Å²) in [6.07, 6.45) is 5.42. The lowest BCUT2D eigenvalue weighted by molar-refractivity contribution is -0.136. The molecule has 3 atom stereocenters. The number of nitrogens with two attached hydrogens (primary N) is 2. The van der Waals surface area contributed by atoms with Crippen LogP contribution in [0.1, 0.15) is 51.5 Å². The Hall–Kier alpha value is -5.17. The monoisotopic (exact) mass is 1030 g/mol. The summed E-state index contributed by atoms with van der Waals surface area (Å²) in [5, 5.41) is 17.1. The SMILES string of the molecule is C[C@@H]1OCC2(CCN(c3cnc(Sc4cccc(NC(=O)CCC(=O)NCCOCCOCCOCCOCCNc5cccc6cnn(C7CCC(=O)NC7=O)c(=O)c56)c4Cl)c(N)n3)CC2)[C@@H]1N.Cl. The fourth-order valence-electron chi connectivity index (χ4n) is 8.36. The fraction of sp³-hybridized carbons (Fsp3) is 0.522. The number of aromatic nitrogens is 4. The van der Waals surface area contributed by atoms with Crippen molar-refractivity contribution in [1.29, 1.82) is 0 Å². The van der Waals surface area contributed by atoms with Gasteiger partial charge in [-0.2, -0.15) is 5.10 Å². The van der Waals surface area contributed by atoms with Crippen LogP contribution in [0.2, 0.25) is 5.02 Å². The first-order valence-electron chi connectivity index (χ1n) is 23.1. The van der Waals surface area contributed by atoms with E-state index in [0.29, 0.717) is 102 Å². The van der Waals surface area contributed by atoms with Crippen molar-refractivity contribution in [1.82, 2.24) is 30.4 Å². The molecule has 21 nitrogen and oxygen atoms in total. The van der Waals surface area contributed by atoms with E-state index in [2.05, 4.69) is 41.2 Å². The van der Waals surface area contributed by atoms with E-state index >= 15 is 0 Å². The van der Waals surface area contributed by atoms with Gasteiger partial charge in [0.2, 0.25) is 17.7 Å². The number of amides is 4. The molecule has 4 amide bonds. The number of benzene rings is 2. The summed E-state index contributed by atoms with van der Waals surface area (Å²) >= 11 is 7.95. The number of nitrogens with one attached hydrogen (secondary N) is 4. The molecule has 70 heavy (non-hydrogen) atoms. The van der Waals surface area contributed by atoms with Crippen LogP contribution in [-0.2, 0) is 42.9 Å². The molecule has 380 valence electrons. The van der Waals surface area contributed by atoms with Crippen LogP contribution in [-0.4, -0.2) is 141 Å². The van der Waals surface area contributed by atoms with Crippen LogP contribution < -0.4 is 43.2 Å². The number of anilines is 4. The van der Waals surface area contributed by atoms with Crippen LogP contribution >= 0.6 is 35.8 Å². The summed E-state index contributed by atoms with van der Waals surface area (Å²) in [7, 11) is 0. The second-order valence-corrected chi connectivity index (χ2v) is 18.3. The second kappa shape index (κ2) is 26.3. The average molecular weight is 1030 g/mol. The number of carbonyl (C=O) groups is 4. The number of halogens is 2. The normalized spacial score (nSPS) is 18.7. The van der Waals surface area contributed by atoms with Crippen molar-refractivity contribution >= 4 is 93.2 Å². The maximum absolute atomic E-state index is 13.3. The van der Waals surface area contributed by atoms with E-state index < -0.39 is 17.5 Å². The third kappa shape index (κ3) is 14.3. The number of imide groups is 1. The van der Waals surface area contributed by atoms with Crippen molar-refractivity contribution < 1.29 is 42.9 Å². The van der Waals surface area contributed by atoms with Gasteiger partial charge in [-0.05, 0) is 44.4 Å². The Kier molecular flexibility index (Phi) is 20.4. The molecule has 0 saturated carbocycles. The first-order valence-corrected chi connectivity index (χ1v) is 24.3. The van der Waals surface area contributed by atoms with Gasteiger partial charge in [0.05, 0.1) is 94.1 Å². The highest BCUT2D eigenvalue weighted by atomic mass is 35.5. The number of carbonyl (C=O) groups excluding carboxylic acids is 4. The number of nitrogen functional groups attached to an aromatic ring is 1. The highest BCUT2D eigenvalue weighted by Gasteiger charge is 2.47.